The van der Waals surface area contributed by atoms with E-state index in [1.807, 2.05) is 60.7 Å². The van der Waals surface area contributed by atoms with Crippen molar-refractivity contribution in [1.82, 2.24) is 0 Å². The standard InChI is InChI=1S/C22H15F3/c23-22(24,25)20-14-11-17(12-15-20)13-16-21(18-7-3-1-4-8-18)19-9-5-2-6-10-19/h1-15H. The van der Waals surface area contributed by atoms with Crippen LogP contribution in [0.3, 0.4) is 0 Å². The summed E-state index contributed by atoms with van der Waals surface area (Å²) in [5, 5.41) is 0. The lowest BCUT2D eigenvalue weighted by atomic mass is 9.98. The minimum absolute atomic E-state index is 0.653. The Morgan fingerprint density at radius 2 is 1.16 bits per heavy atom. The fourth-order valence-electron chi connectivity index (χ4n) is 2.47. The average Bonchev–Trinajstić information content (AvgIpc) is 2.63. The highest BCUT2D eigenvalue weighted by Crippen LogP contribution is 2.29. The minimum atomic E-state index is -4.32. The first-order chi connectivity index (χ1) is 12.0. The van der Waals surface area contributed by atoms with Gasteiger partial charge in [0.2, 0.25) is 0 Å². The molecule has 0 bridgehead atoms. The Morgan fingerprint density at radius 1 is 0.680 bits per heavy atom. The predicted octanol–water partition coefficient (Wildman–Crippen LogP) is 6.45. The smallest absolute Gasteiger partial charge is 0.166 e. The zero-order valence-electron chi connectivity index (χ0n) is 13.3. The summed E-state index contributed by atoms with van der Waals surface area (Å²) in [5.74, 6) is 0. The van der Waals surface area contributed by atoms with E-state index in [0.29, 0.717) is 5.56 Å². The Balaban J connectivity index is 2.03. The van der Waals surface area contributed by atoms with Gasteiger partial charge in [0.25, 0.3) is 0 Å². The third-order valence-corrected chi connectivity index (χ3v) is 3.75. The molecule has 0 aromatic heterocycles. The number of rotatable bonds is 3. The summed E-state index contributed by atoms with van der Waals surface area (Å²) in [6.07, 6.45) is -2.62. The largest absolute Gasteiger partial charge is 0.416 e. The summed E-state index contributed by atoms with van der Waals surface area (Å²) in [6, 6.07) is 24.6. The molecule has 3 rings (SSSR count). The molecule has 0 saturated carbocycles. The maximum absolute atomic E-state index is 12.6. The maximum Gasteiger partial charge on any atom is 0.416 e. The maximum atomic E-state index is 12.6. The van der Waals surface area contributed by atoms with Crippen molar-refractivity contribution in [2.45, 2.75) is 6.18 Å². The van der Waals surface area contributed by atoms with Crippen LogP contribution in [0.1, 0.15) is 22.3 Å². The average molecular weight is 336 g/mol. The van der Waals surface area contributed by atoms with Crippen molar-refractivity contribution in [3.8, 4) is 0 Å². The molecular weight excluding hydrogens is 321 g/mol. The van der Waals surface area contributed by atoms with Crippen LogP contribution < -0.4 is 0 Å². The Morgan fingerprint density at radius 3 is 1.60 bits per heavy atom. The molecular formula is C22H15F3. The first-order valence-electron chi connectivity index (χ1n) is 7.79. The molecule has 0 fully saturated rings. The number of halogens is 3. The van der Waals surface area contributed by atoms with Crippen molar-refractivity contribution in [3.63, 3.8) is 0 Å². The van der Waals surface area contributed by atoms with E-state index in [2.05, 4.69) is 5.73 Å². The molecule has 0 aliphatic carbocycles. The lowest BCUT2D eigenvalue weighted by Gasteiger charge is -2.06. The summed E-state index contributed by atoms with van der Waals surface area (Å²) in [4.78, 5) is 0. The van der Waals surface area contributed by atoms with E-state index in [0.717, 1.165) is 28.8 Å². The number of alkyl halides is 3. The molecule has 0 atom stereocenters. The van der Waals surface area contributed by atoms with Crippen LogP contribution in [0.4, 0.5) is 13.2 Å². The van der Waals surface area contributed by atoms with Crippen LogP contribution in [-0.2, 0) is 6.18 Å². The fourth-order valence-corrected chi connectivity index (χ4v) is 2.47. The van der Waals surface area contributed by atoms with Crippen LogP contribution >= 0.6 is 0 Å². The van der Waals surface area contributed by atoms with E-state index in [1.165, 1.54) is 12.1 Å². The van der Waals surface area contributed by atoms with E-state index in [-0.39, 0.29) is 0 Å². The molecule has 0 radical (unpaired) electrons. The lowest BCUT2D eigenvalue weighted by molar-refractivity contribution is -0.137. The summed E-state index contributed by atoms with van der Waals surface area (Å²) < 4.78 is 37.9. The van der Waals surface area contributed by atoms with E-state index in [1.54, 1.807) is 6.08 Å². The molecule has 0 spiro atoms. The SMILES string of the molecule is FC(F)(F)c1ccc(C=C=C(c2ccccc2)c2ccccc2)cc1. The van der Waals surface area contributed by atoms with Gasteiger partial charge in [0.05, 0.1) is 5.56 Å². The van der Waals surface area contributed by atoms with Gasteiger partial charge in [-0.05, 0) is 34.9 Å². The Hall–Kier alpha value is -3.03. The van der Waals surface area contributed by atoms with Gasteiger partial charge in [-0.2, -0.15) is 13.2 Å². The quantitative estimate of drug-likeness (QED) is 0.482. The first-order valence-corrected chi connectivity index (χ1v) is 7.79. The lowest BCUT2D eigenvalue weighted by Crippen LogP contribution is -2.03. The second kappa shape index (κ2) is 7.25. The highest BCUT2D eigenvalue weighted by molar-refractivity contribution is 5.81. The van der Waals surface area contributed by atoms with Gasteiger partial charge in [-0.3, -0.25) is 0 Å². The van der Waals surface area contributed by atoms with Crippen molar-refractivity contribution < 1.29 is 13.2 Å². The van der Waals surface area contributed by atoms with E-state index < -0.39 is 11.7 Å². The van der Waals surface area contributed by atoms with Crippen LogP contribution in [0, 0.1) is 0 Å². The van der Waals surface area contributed by atoms with E-state index in [9.17, 15) is 13.2 Å². The highest BCUT2D eigenvalue weighted by atomic mass is 19.4. The Labute approximate surface area is 144 Å². The van der Waals surface area contributed by atoms with E-state index in [4.69, 9.17) is 0 Å². The molecule has 0 aliphatic heterocycles. The molecule has 3 aromatic carbocycles. The normalized spacial score (nSPS) is 10.8. The second-order valence-electron chi connectivity index (χ2n) is 5.52. The van der Waals surface area contributed by atoms with Gasteiger partial charge < -0.3 is 0 Å². The third-order valence-electron chi connectivity index (χ3n) is 3.75. The molecule has 3 heteroatoms. The topological polar surface area (TPSA) is 0 Å². The molecule has 0 heterocycles. The molecule has 0 saturated heterocycles. The second-order valence-corrected chi connectivity index (χ2v) is 5.52. The minimum Gasteiger partial charge on any atom is -0.166 e. The van der Waals surface area contributed by atoms with Gasteiger partial charge in [-0.25, -0.2) is 0 Å². The van der Waals surface area contributed by atoms with Crippen LogP contribution in [0.25, 0.3) is 11.6 Å². The van der Waals surface area contributed by atoms with Gasteiger partial charge in [0, 0.05) is 5.57 Å². The van der Waals surface area contributed by atoms with Crippen molar-refractivity contribution in [3.05, 3.63) is 113 Å². The summed E-state index contributed by atoms with van der Waals surface area (Å²) in [5.41, 5.74) is 6.13. The number of hydrogen-bond donors (Lipinski definition) is 0. The zero-order valence-corrected chi connectivity index (χ0v) is 13.3. The van der Waals surface area contributed by atoms with Crippen LogP contribution in [0.5, 0.6) is 0 Å². The monoisotopic (exact) mass is 336 g/mol. The van der Waals surface area contributed by atoms with Gasteiger partial charge in [-0.1, -0.05) is 72.8 Å². The van der Waals surface area contributed by atoms with Crippen molar-refractivity contribution in [1.29, 1.82) is 0 Å². The van der Waals surface area contributed by atoms with Crippen molar-refractivity contribution >= 4 is 11.6 Å². The molecule has 124 valence electrons. The molecule has 0 aliphatic rings. The third kappa shape index (κ3) is 4.28. The summed E-state index contributed by atoms with van der Waals surface area (Å²) in [6.45, 7) is 0. The number of hydrogen-bond acceptors (Lipinski definition) is 0. The summed E-state index contributed by atoms with van der Waals surface area (Å²) >= 11 is 0. The number of benzene rings is 3. The van der Waals surface area contributed by atoms with Crippen molar-refractivity contribution in [2.75, 3.05) is 0 Å². The van der Waals surface area contributed by atoms with Gasteiger partial charge in [0.1, 0.15) is 0 Å². The van der Waals surface area contributed by atoms with E-state index >= 15 is 0 Å². The zero-order chi connectivity index (χ0) is 17.7. The fraction of sp³-hybridized carbons (Fsp3) is 0.0455. The Kier molecular flexibility index (Phi) is 4.87. The Bertz CT molecular complexity index is 842. The molecule has 0 unspecified atom stereocenters. The molecule has 0 nitrogen and oxygen atoms in total. The highest BCUT2D eigenvalue weighted by Gasteiger charge is 2.29. The predicted molar refractivity (Wildman–Crippen MR) is 94.8 cm³/mol. The molecule has 0 N–H and O–H groups in total. The van der Waals surface area contributed by atoms with Crippen LogP contribution in [0.15, 0.2) is 90.7 Å². The van der Waals surface area contributed by atoms with Crippen molar-refractivity contribution in [2.24, 2.45) is 0 Å². The van der Waals surface area contributed by atoms with Gasteiger partial charge in [0.15, 0.2) is 0 Å². The molecule has 3 aromatic rings. The molecule has 25 heavy (non-hydrogen) atoms. The molecule has 0 amide bonds. The summed E-state index contributed by atoms with van der Waals surface area (Å²) in [7, 11) is 0. The van der Waals surface area contributed by atoms with Crippen LogP contribution in [-0.4, -0.2) is 0 Å². The van der Waals surface area contributed by atoms with Gasteiger partial charge in [-0.15, -0.1) is 5.73 Å². The first kappa shape index (κ1) is 16.8. The van der Waals surface area contributed by atoms with Gasteiger partial charge >= 0.3 is 6.18 Å². The van der Waals surface area contributed by atoms with Crippen LogP contribution in [0.2, 0.25) is 0 Å².